The maximum absolute atomic E-state index is 9.07. The van der Waals surface area contributed by atoms with Crippen molar-refractivity contribution in [1.82, 2.24) is 0 Å². The van der Waals surface area contributed by atoms with Crippen LogP contribution < -0.4 is 5.73 Å². The number of hydrogen-bond donors (Lipinski definition) is 1. The van der Waals surface area contributed by atoms with Gasteiger partial charge in [0.05, 0.1) is 11.6 Å². The molecule has 0 saturated carbocycles. The summed E-state index contributed by atoms with van der Waals surface area (Å²) in [5.74, 6) is 0. The summed E-state index contributed by atoms with van der Waals surface area (Å²) in [6.45, 7) is 2.03. The van der Waals surface area contributed by atoms with Crippen molar-refractivity contribution in [3.63, 3.8) is 0 Å². The summed E-state index contributed by atoms with van der Waals surface area (Å²) in [4.78, 5) is 0. The second kappa shape index (κ2) is 4.08. The molecule has 0 spiro atoms. The quantitative estimate of drug-likeness (QED) is 0.732. The van der Waals surface area contributed by atoms with Crippen LogP contribution in [0.2, 0.25) is 0 Å². The third-order valence-electron chi connectivity index (χ3n) is 2.49. The number of aryl methyl sites for hydroxylation is 1. The average Bonchev–Trinajstić information content (AvgIpc) is 2.28. The van der Waals surface area contributed by atoms with Crippen LogP contribution in [0.25, 0.3) is 11.1 Å². The molecule has 0 heterocycles. The zero-order valence-corrected chi connectivity index (χ0v) is 9.07. The Kier molecular flexibility index (Phi) is 2.61. The van der Waals surface area contributed by atoms with Crippen molar-refractivity contribution in [3.05, 3.63) is 53.6 Å². The second-order valence-electron chi connectivity index (χ2n) is 3.79. The van der Waals surface area contributed by atoms with Crippen molar-refractivity contribution >= 4 is 5.69 Å². The molecule has 2 rings (SSSR count). The van der Waals surface area contributed by atoms with Gasteiger partial charge >= 0.3 is 0 Å². The minimum Gasteiger partial charge on any atom is -0.399 e. The van der Waals surface area contributed by atoms with Crippen LogP contribution in [0.4, 0.5) is 5.69 Å². The average molecular weight is 208 g/mol. The largest absolute Gasteiger partial charge is 0.399 e. The molecule has 2 heteroatoms. The molecule has 0 amide bonds. The third-order valence-corrected chi connectivity index (χ3v) is 2.49. The Hall–Kier alpha value is -2.27. The lowest BCUT2D eigenvalue weighted by atomic mass is 9.98. The van der Waals surface area contributed by atoms with E-state index in [1.165, 1.54) is 5.56 Å². The summed E-state index contributed by atoms with van der Waals surface area (Å²) >= 11 is 0. The molecule has 2 nitrogen and oxygen atoms in total. The van der Waals surface area contributed by atoms with Crippen LogP contribution in [0.5, 0.6) is 0 Å². The van der Waals surface area contributed by atoms with Crippen molar-refractivity contribution < 1.29 is 0 Å². The molecular formula is C14H12N2. The van der Waals surface area contributed by atoms with Gasteiger partial charge in [0, 0.05) is 5.69 Å². The first-order chi connectivity index (χ1) is 7.70. The number of hydrogen-bond acceptors (Lipinski definition) is 2. The van der Waals surface area contributed by atoms with E-state index in [1.54, 1.807) is 6.07 Å². The Labute approximate surface area is 95.0 Å². The Balaban J connectivity index is 2.61. The fraction of sp³-hybridized carbons (Fsp3) is 0.0714. The predicted molar refractivity (Wildman–Crippen MR) is 65.7 cm³/mol. The topological polar surface area (TPSA) is 49.8 Å². The molecule has 0 fully saturated rings. The van der Waals surface area contributed by atoms with Gasteiger partial charge in [-0.3, -0.25) is 0 Å². The number of nitriles is 1. The van der Waals surface area contributed by atoms with Gasteiger partial charge in [-0.1, -0.05) is 35.9 Å². The van der Waals surface area contributed by atoms with Gasteiger partial charge in [0.25, 0.3) is 0 Å². The molecule has 0 aliphatic rings. The van der Waals surface area contributed by atoms with Gasteiger partial charge in [-0.15, -0.1) is 0 Å². The number of nitrogen functional groups attached to an aromatic ring is 1. The molecule has 2 aromatic carbocycles. The van der Waals surface area contributed by atoms with E-state index in [2.05, 4.69) is 12.1 Å². The number of anilines is 1. The highest BCUT2D eigenvalue weighted by atomic mass is 14.5. The molecule has 0 radical (unpaired) electrons. The Morgan fingerprint density at radius 3 is 2.62 bits per heavy atom. The minimum absolute atomic E-state index is 0.616. The summed E-state index contributed by atoms with van der Waals surface area (Å²) in [5.41, 5.74) is 10.1. The summed E-state index contributed by atoms with van der Waals surface area (Å²) in [6, 6.07) is 15.7. The standard InChI is InChI=1S/C14H12N2/c1-10-3-2-4-11(7-10)14-6-5-13(16)8-12(14)9-15/h2-8H,16H2,1H3. The maximum atomic E-state index is 9.07. The second-order valence-corrected chi connectivity index (χ2v) is 3.79. The van der Waals surface area contributed by atoms with Crippen LogP contribution in [-0.4, -0.2) is 0 Å². The number of nitrogens with two attached hydrogens (primary N) is 1. The van der Waals surface area contributed by atoms with E-state index in [1.807, 2.05) is 37.3 Å². The lowest BCUT2D eigenvalue weighted by Crippen LogP contribution is -1.89. The third kappa shape index (κ3) is 1.89. The molecule has 16 heavy (non-hydrogen) atoms. The zero-order chi connectivity index (χ0) is 11.5. The monoisotopic (exact) mass is 208 g/mol. The Bertz CT molecular complexity index is 565. The summed E-state index contributed by atoms with van der Waals surface area (Å²) < 4.78 is 0. The molecule has 78 valence electrons. The van der Waals surface area contributed by atoms with E-state index in [-0.39, 0.29) is 0 Å². The molecule has 0 aliphatic heterocycles. The first kappa shape index (κ1) is 10.3. The van der Waals surface area contributed by atoms with Crippen LogP contribution in [-0.2, 0) is 0 Å². The SMILES string of the molecule is Cc1cccc(-c2ccc(N)cc2C#N)c1. The van der Waals surface area contributed by atoms with Crippen LogP contribution >= 0.6 is 0 Å². The van der Waals surface area contributed by atoms with E-state index in [4.69, 9.17) is 11.0 Å². The molecule has 2 aromatic rings. The fourth-order valence-corrected chi connectivity index (χ4v) is 1.72. The predicted octanol–water partition coefficient (Wildman–Crippen LogP) is 3.12. The molecule has 0 bridgehead atoms. The van der Waals surface area contributed by atoms with Crippen molar-refractivity contribution in [2.24, 2.45) is 0 Å². The summed E-state index contributed by atoms with van der Waals surface area (Å²) in [6.07, 6.45) is 0. The normalized spacial score (nSPS) is 9.75. The lowest BCUT2D eigenvalue weighted by Gasteiger charge is -2.06. The van der Waals surface area contributed by atoms with E-state index >= 15 is 0 Å². The van der Waals surface area contributed by atoms with Crippen LogP contribution in [0, 0.1) is 18.3 Å². The first-order valence-electron chi connectivity index (χ1n) is 5.07. The highest BCUT2D eigenvalue weighted by Gasteiger charge is 2.04. The Morgan fingerprint density at radius 1 is 1.12 bits per heavy atom. The smallest absolute Gasteiger partial charge is 0.0998 e. The molecule has 0 atom stereocenters. The van der Waals surface area contributed by atoms with E-state index in [0.717, 1.165) is 11.1 Å². The molecule has 0 unspecified atom stereocenters. The molecule has 0 aliphatic carbocycles. The van der Waals surface area contributed by atoms with Crippen LogP contribution in [0.1, 0.15) is 11.1 Å². The minimum atomic E-state index is 0.616. The number of nitrogens with zero attached hydrogens (tertiary/aromatic N) is 1. The van der Waals surface area contributed by atoms with E-state index in [9.17, 15) is 0 Å². The zero-order valence-electron chi connectivity index (χ0n) is 9.07. The summed E-state index contributed by atoms with van der Waals surface area (Å²) in [5, 5.41) is 9.07. The highest BCUT2D eigenvalue weighted by Crippen LogP contribution is 2.25. The van der Waals surface area contributed by atoms with Gasteiger partial charge in [0.15, 0.2) is 0 Å². The summed E-state index contributed by atoms with van der Waals surface area (Å²) in [7, 11) is 0. The van der Waals surface area contributed by atoms with Gasteiger partial charge in [-0.05, 0) is 30.2 Å². The van der Waals surface area contributed by atoms with Gasteiger partial charge in [0.2, 0.25) is 0 Å². The molecular weight excluding hydrogens is 196 g/mol. The van der Waals surface area contributed by atoms with Crippen LogP contribution in [0.15, 0.2) is 42.5 Å². The lowest BCUT2D eigenvalue weighted by molar-refractivity contribution is 1.44. The highest BCUT2D eigenvalue weighted by molar-refractivity contribution is 5.73. The van der Waals surface area contributed by atoms with Gasteiger partial charge in [-0.2, -0.15) is 5.26 Å². The fourth-order valence-electron chi connectivity index (χ4n) is 1.72. The van der Waals surface area contributed by atoms with Crippen LogP contribution in [0.3, 0.4) is 0 Å². The van der Waals surface area contributed by atoms with Crippen molar-refractivity contribution in [3.8, 4) is 17.2 Å². The van der Waals surface area contributed by atoms with Crippen molar-refractivity contribution in [2.75, 3.05) is 5.73 Å². The Morgan fingerprint density at radius 2 is 1.94 bits per heavy atom. The molecule has 0 saturated heterocycles. The molecule has 2 N–H and O–H groups in total. The first-order valence-corrected chi connectivity index (χ1v) is 5.07. The molecule has 0 aromatic heterocycles. The van der Waals surface area contributed by atoms with Gasteiger partial charge < -0.3 is 5.73 Å². The van der Waals surface area contributed by atoms with Gasteiger partial charge in [0.1, 0.15) is 0 Å². The van der Waals surface area contributed by atoms with E-state index in [0.29, 0.717) is 11.3 Å². The van der Waals surface area contributed by atoms with E-state index < -0.39 is 0 Å². The number of benzene rings is 2. The van der Waals surface area contributed by atoms with Crippen molar-refractivity contribution in [1.29, 1.82) is 5.26 Å². The number of rotatable bonds is 1. The maximum Gasteiger partial charge on any atom is 0.0998 e. The van der Waals surface area contributed by atoms with Gasteiger partial charge in [-0.25, -0.2) is 0 Å². The van der Waals surface area contributed by atoms with Crippen molar-refractivity contribution in [2.45, 2.75) is 6.92 Å².